The fourth-order valence-corrected chi connectivity index (χ4v) is 2.84. The summed E-state index contributed by atoms with van der Waals surface area (Å²) in [7, 11) is -0.668. The van der Waals surface area contributed by atoms with E-state index in [-0.39, 0.29) is 17.0 Å². The van der Waals surface area contributed by atoms with Crippen LogP contribution >= 0.6 is 0 Å². The Hall–Kier alpha value is -2.32. The van der Waals surface area contributed by atoms with Crippen LogP contribution in [0.1, 0.15) is 15.9 Å². The summed E-state index contributed by atoms with van der Waals surface area (Å²) in [5.41, 5.74) is 0.236. The van der Waals surface area contributed by atoms with Crippen LogP contribution in [0.25, 0.3) is 0 Å². The van der Waals surface area contributed by atoms with Gasteiger partial charge in [-0.2, -0.15) is 0 Å². The van der Waals surface area contributed by atoms with Gasteiger partial charge in [0.1, 0.15) is 11.6 Å². The van der Waals surface area contributed by atoms with Gasteiger partial charge >= 0.3 is 0 Å². The summed E-state index contributed by atoms with van der Waals surface area (Å²) in [5, 5.41) is 2.46. The van der Waals surface area contributed by atoms with Gasteiger partial charge in [-0.3, -0.25) is 4.79 Å². The van der Waals surface area contributed by atoms with Crippen LogP contribution in [-0.4, -0.2) is 32.7 Å². The van der Waals surface area contributed by atoms with Gasteiger partial charge in [0.2, 0.25) is 10.0 Å². The molecule has 0 aliphatic rings. The predicted molar refractivity (Wildman–Crippen MR) is 84.8 cm³/mol. The third kappa shape index (κ3) is 3.95. The number of hydrogen-bond donors (Lipinski definition) is 1. The summed E-state index contributed by atoms with van der Waals surface area (Å²) in [6.45, 7) is 0.0527. The summed E-state index contributed by atoms with van der Waals surface area (Å²) < 4.78 is 51.6. The zero-order chi connectivity index (χ0) is 17.9. The molecule has 2 rings (SSSR count). The summed E-state index contributed by atoms with van der Waals surface area (Å²) in [6.07, 6.45) is 0. The monoisotopic (exact) mass is 354 g/mol. The highest BCUT2D eigenvalue weighted by atomic mass is 32.2. The number of hydrogen-bond acceptors (Lipinski definition) is 3. The number of rotatable bonds is 5. The molecule has 0 aromatic heterocycles. The molecule has 0 aliphatic heterocycles. The molecule has 24 heavy (non-hydrogen) atoms. The maximum absolute atomic E-state index is 13.5. The quantitative estimate of drug-likeness (QED) is 0.895. The number of halogens is 2. The average molecular weight is 354 g/mol. The molecular formula is C16H16F2N2O3S. The molecule has 0 unspecified atom stereocenters. The van der Waals surface area contributed by atoms with Crippen LogP contribution in [0.15, 0.2) is 47.4 Å². The molecule has 0 radical (unpaired) electrons. The van der Waals surface area contributed by atoms with Crippen molar-refractivity contribution in [2.45, 2.75) is 11.4 Å². The largest absolute Gasteiger partial charge is 0.348 e. The van der Waals surface area contributed by atoms with Crippen molar-refractivity contribution in [2.24, 2.45) is 0 Å². The first kappa shape index (κ1) is 18.0. The van der Waals surface area contributed by atoms with E-state index in [0.29, 0.717) is 5.56 Å². The molecule has 0 heterocycles. The number of carbonyl (C=O) groups excluding carboxylic acids is 1. The van der Waals surface area contributed by atoms with Gasteiger partial charge in [-0.1, -0.05) is 12.1 Å². The van der Waals surface area contributed by atoms with Crippen molar-refractivity contribution < 1.29 is 22.0 Å². The molecule has 0 bridgehead atoms. The maximum Gasteiger partial charge on any atom is 0.254 e. The van der Waals surface area contributed by atoms with Gasteiger partial charge in [-0.25, -0.2) is 21.5 Å². The van der Waals surface area contributed by atoms with Crippen molar-refractivity contribution in [3.05, 3.63) is 65.2 Å². The average Bonchev–Trinajstić information content (AvgIpc) is 2.55. The lowest BCUT2D eigenvalue weighted by Crippen LogP contribution is -2.24. The van der Waals surface area contributed by atoms with E-state index in [1.165, 1.54) is 26.2 Å². The second-order valence-corrected chi connectivity index (χ2v) is 7.39. The van der Waals surface area contributed by atoms with Gasteiger partial charge in [-0.05, 0) is 35.9 Å². The van der Waals surface area contributed by atoms with Gasteiger partial charge < -0.3 is 5.32 Å². The van der Waals surface area contributed by atoms with Crippen molar-refractivity contribution in [3.8, 4) is 0 Å². The van der Waals surface area contributed by atoms with Crippen LogP contribution < -0.4 is 5.32 Å². The Labute approximate surface area is 139 Å². The highest BCUT2D eigenvalue weighted by Crippen LogP contribution is 2.14. The summed E-state index contributed by atoms with van der Waals surface area (Å²) >= 11 is 0. The molecule has 2 aromatic rings. The molecule has 0 fully saturated rings. The fourth-order valence-electron chi connectivity index (χ4n) is 1.94. The zero-order valence-electron chi connectivity index (χ0n) is 13.1. The fraction of sp³-hybridized carbons (Fsp3) is 0.188. The van der Waals surface area contributed by atoms with Crippen molar-refractivity contribution in [3.63, 3.8) is 0 Å². The molecule has 128 valence electrons. The Morgan fingerprint density at radius 1 is 1.08 bits per heavy atom. The first-order valence-electron chi connectivity index (χ1n) is 6.96. The molecule has 0 spiro atoms. The van der Waals surface area contributed by atoms with E-state index in [0.717, 1.165) is 22.5 Å². The van der Waals surface area contributed by atoms with Crippen LogP contribution in [0.4, 0.5) is 8.78 Å². The Morgan fingerprint density at radius 2 is 1.71 bits per heavy atom. The van der Waals surface area contributed by atoms with Gasteiger partial charge in [-0.15, -0.1) is 0 Å². The lowest BCUT2D eigenvalue weighted by Gasteiger charge is -2.12. The van der Waals surface area contributed by atoms with E-state index in [2.05, 4.69) is 5.32 Å². The Balaban J connectivity index is 2.07. The third-order valence-corrected chi connectivity index (χ3v) is 5.16. The van der Waals surface area contributed by atoms with Crippen molar-refractivity contribution in [1.29, 1.82) is 0 Å². The van der Waals surface area contributed by atoms with Crippen molar-refractivity contribution >= 4 is 15.9 Å². The number of benzene rings is 2. The van der Waals surface area contributed by atoms with Crippen LogP contribution in [0.2, 0.25) is 0 Å². The van der Waals surface area contributed by atoms with Crippen LogP contribution in [-0.2, 0) is 16.6 Å². The molecule has 5 nitrogen and oxygen atoms in total. The number of amides is 1. The second-order valence-electron chi connectivity index (χ2n) is 5.24. The molecule has 0 aliphatic carbocycles. The van der Waals surface area contributed by atoms with Crippen molar-refractivity contribution in [1.82, 2.24) is 9.62 Å². The first-order chi connectivity index (χ1) is 11.2. The number of nitrogens with zero attached hydrogens (tertiary/aromatic N) is 1. The van der Waals surface area contributed by atoms with Crippen molar-refractivity contribution in [2.75, 3.05) is 14.1 Å². The lowest BCUT2D eigenvalue weighted by atomic mass is 10.1. The predicted octanol–water partition coefficient (Wildman–Crippen LogP) is 2.15. The molecule has 0 saturated heterocycles. The number of carbonyl (C=O) groups is 1. The molecule has 2 aromatic carbocycles. The van der Waals surface area contributed by atoms with E-state index in [9.17, 15) is 22.0 Å². The molecule has 0 saturated carbocycles. The van der Waals surface area contributed by atoms with Gasteiger partial charge in [0.25, 0.3) is 5.91 Å². The summed E-state index contributed by atoms with van der Waals surface area (Å²) in [6, 6.07) is 8.54. The minimum Gasteiger partial charge on any atom is -0.348 e. The first-order valence-corrected chi connectivity index (χ1v) is 8.40. The van der Waals surface area contributed by atoms with Crippen LogP contribution in [0, 0.1) is 11.6 Å². The summed E-state index contributed by atoms with van der Waals surface area (Å²) in [5.74, 6) is -2.28. The Morgan fingerprint density at radius 3 is 2.29 bits per heavy atom. The summed E-state index contributed by atoms with van der Waals surface area (Å²) in [4.78, 5) is 12.0. The van der Waals surface area contributed by atoms with E-state index in [1.54, 1.807) is 12.1 Å². The van der Waals surface area contributed by atoms with Crippen LogP contribution in [0.3, 0.4) is 0 Å². The minimum absolute atomic E-state index is 0.0527. The third-order valence-electron chi connectivity index (χ3n) is 3.33. The number of nitrogens with one attached hydrogen (secondary N) is 1. The van der Waals surface area contributed by atoms with Gasteiger partial charge in [0, 0.05) is 20.6 Å². The topological polar surface area (TPSA) is 66.5 Å². The minimum atomic E-state index is -3.52. The Kier molecular flexibility index (Phi) is 5.30. The van der Waals surface area contributed by atoms with Gasteiger partial charge in [0.05, 0.1) is 10.5 Å². The van der Waals surface area contributed by atoms with E-state index in [4.69, 9.17) is 0 Å². The number of sulfonamides is 1. The van der Waals surface area contributed by atoms with E-state index < -0.39 is 27.6 Å². The molecule has 0 atom stereocenters. The van der Waals surface area contributed by atoms with Crippen LogP contribution in [0.5, 0.6) is 0 Å². The molecule has 1 amide bonds. The van der Waals surface area contributed by atoms with E-state index in [1.807, 2.05) is 0 Å². The highest BCUT2D eigenvalue weighted by Gasteiger charge is 2.17. The zero-order valence-corrected chi connectivity index (χ0v) is 13.9. The van der Waals surface area contributed by atoms with E-state index >= 15 is 0 Å². The van der Waals surface area contributed by atoms with Gasteiger partial charge in [0.15, 0.2) is 0 Å². The highest BCUT2D eigenvalue weighted by molar-refractivity contribution is 7.89. The smallest absolute Gasteiger partial charge is 0.254 e. The lowest BCUT2D eigenvalue weighted by molar-refractivity contribution is 0.0946. The SMILES string of the molecule is CN(C)S(=O)(=O)c1ccc(CNC(=O)c2cc(F)ccc2F)cc1. The normalized spacial score (nSPS) is 11.5. The second kappa shape index (κ2) is 7.06. The molecular weight excluding hydrogens is 338 g/mol. The standard InChI is InChI=1S/C16H16F2N2O3S/c1-20(2)24(22,23)13-6-3-11(4-7-13)10-19-16(21)14-9-12(17)5-8-15(14)18/h3-9H,10H2,1-2H3,(H,19,21). The maximum atomic E-state index is 13.5. The molecule has 8 heteroatoms. The Bertz CT molecular complexity index is 850. The molecule has 1 N–H and O–H groups in total.